The topological polar surface area (TPSA) is 57.1 Å². The zero-order chi connectivity index (χ0) is 19.1. The summed E-state index contributed by atoms with van der Waals surface area (Å²) >= 11 is 0. The molecule has 0 saturated carbocycles. The van der Waals surface area contributed by atoms with Crippen LogP contribution in [0, 0.1) is 5.82 Å². The zero-order valence-electron chi connectivity index (χ0n) is 16.0. The molecule has 0 aromatic heterocycles. The third kappa shape index (κ3) is 6.25. The van der Waals surface area contributed by atoms with E-state index in [9.17, 15) is 9.50 Å². The predicted molar refractivity (Wildman–Crippen MR) is 120 cm³/mol. The van der Waals surface area contributed by atoms with Gasteiger partial charge in [-0.25, -0.2) is 9.38 Å². The van der Waals surface area contributed by atoms with Gasteiger partial charge >= 0.3 is 0 Å². The van der Waals surface area contributed by atoms with Crippen molar-refractivity contribution in [1.29, 1.82) is 0 Å². The lowest BCUT2D eigenvalue weighted by Crippen LogP contribution is -2.47. The van der Waals surface area contributed by atoms with Crippen molar-refractivity contribution in [2.24, 2.45) is 4.99 Å². The third-order valence-corrected chi connectivity index (χ3v) is 4.55. The van der Waals surface area contributed by atoms with Gasteiger partial charge in [-0.05, 0) is 36.8 Å². The van der Waals surface area contributed by atoms with Gasteiger partial charge in [0.15, 0.2) is 17.5 Å². The molecule has 0 amide bonds. The Hall–Kier alpha value is -2.03. The molecule has 2 aromatic carbocycles. The number of piperidine rings is 1. The summed E-state index contributed by atoms with van der Waals surface area (Å²) in [4.78, 5) is 6.84. The van der Waals surface area contributed by atoms with Crippen molar-refractivity contribution in [1.82, 2.24) is 10.2 Å². The molecule has 1 heterocycles. The van der Waals surface area contributed by atoms with Crippen molar-refractivity contribution < 1.29 is 14.2 Å². The van der Waals surface area contributed by atoms with Gasteiger partial charge in [-0.15, -0.1) is 24.0 Å². The average molecular weight is 499 g/mol. The lowest BCUT2D eigenvalue weighted by atomic mass is 10.1. The maximum atomic E-state index is 13.5. The smallest absolute Gasteiger partial charge is 0.194 e. The number of halogens is 2. The number of ether oxygens (including phenoxy) is 1. The van der Waals surface area contributed by atoms with Crippen LogP contribution in [0.3, 0.4) is 0 Å². The zero-order valence-corrected chi connectivity index (χ0v) is 18.3. The number of aromatic hydroxyl groups is 1. The van der Waals surface area contributed by atoms with E-state index in [1.807, 2.05) is 37.3 Å². The van der Waals surface area contributed by atoms with Gasteiger partial charge in [0.05, 0.1) is 6.54 Å². The third-order valence-electron chi connectivity index (χ3n) is 4.55. The average Bonchev–Trinajstić information content (AvgIpc) is 2.69. The first-order valence-electron chi connectivity index (χ1n) is 9.38. The van der Waals surface area contributed by atoms with Gasteiger partial charge < -0.3 is 20.1 Å². The van der Waals surface area contributed by atoms with Gasteiger partial charge in [0, 0.05) is 32.5 Å². The lowest BCUT2D eigenvalue weighted by molar-refractivity contribution is 0.129. The van der Waals surface area contributed by atoms with Crippen LogP contribution in [0.2, 0.25) is 0 Å². The van der Waals surface area contributed by atoms with Crippen LogP contribution in [0.25, 0.3) is 0 Å². The molecule has 1 aliphatic heterocycles. The van der Waals surface area contributed by atoms with Gasteiger partial charge in [0.2, 0.25) is 0 Å². The van der Waals surface area contributed by atoms with Gasteiger partial charge in [-0.3, -0.25) is 0 Å². The summed E-state index contributed by atoms with van der Waals surface area (Å²) in [6, 6.07) is 14.3. The Morgan fingerprint density at radius 3 is 2.57 bits per heavy atom. The lowest BCUT2D eigenvalue weighted by Gasteiger charge is -2.34. The van der Waals surface area contributed by atoms with Crippen molar-refractivity contribution in [3.05, 3.63) is 59.9 Å². The van der Waals surface area contributed by atoms with E-state index in [0.29, 0.717) is 6.54 Å². The van der Waals surface area contributed by atoms with Crippen LogP contribution in [-0.4, -0.2) is 41.7 Å². The molecule has 3 rings (SSSR count). The summed E-state index contributed by atoms with van der Waals surface area (Å²) < 4.78 is 19.5. The Balaban J connectivity index is 0.00000280. The first-order valence-corrected chi connectivity index (χ1v) is 9.38. The molecule has 1 aliphatic rings. The first-order chi connectivity index (χ1) is 13.2. The molecule has 152 valence electrons. The summed E-state index contributed by atoms with van der Waals surface area (Å²) in [7, 11) is 0. The van der Waals surface area contributed by atoms with Crippen LogP contribution >= 0.6 is 24.0 Å². The maximum absolute atomic E-state index is 13.5. The van der Waals surface area contributed by atoms with E-state index in [1.54, 1.807) is 6.07 Å². The molecule has 1 saturated heterocycles. The molecular weight excluding hydrogens is 472 g/mol. The van der Waals surface area contributed by atoms with Crippen LogP contribution in [0.15, 0.2) is 53.5 Å². The van der Waals surface area contributed by atoms with Gasteiger partial charge in [0.25, 0.3) is 0 Å². The molecule has 0 bridgehead atoms. The normalized spacial score (nSPS) is 15.1. The fourth-order valence-electron chi connectivity index (χ4n) is 3.12. The van der Waals surface area contributed by atoms with E-state index < -0.39 is 5.82 Å². The quantitative estimate of drug-likeness (QED) is 0.369. The monoisotopic (exact) mass is 499 g/mol. The largest absolute Gasteiger partial charge is 0.505 e. The summed E-state index contributed by atoms with van der Waals surface area (Å²) in [5.74, 6) is 0.775. The second-order valence-electron chi connectivity index (χ2n) is 6.57. The highest BCUT2D eigenvalue weighted by atomic mass is 127. The van der Waals surface area contributed by atoms with E-state index >= 15 is 0 Å². The van der Waals surface area contributed by atoms with Crippen LogP contribution in [0.4, 0.5) is 4.39 Å². The minimum absolute atomic E-state index is 0. The van der Waals surface area contributed by atoms with E-state index in [4.69, 9.17) is 4.74 Å². The molecule has 2 aromatic rings. The number of guanidine groups is 1. The SMILES string of the molecule is CCNC(=NCc1ccc(O)c(F)c1)N1CCC(Oc2ccccc2)CC1.I. The predicted octanol–water partition coefficient (Wildman–Crippen LogP) is 4.16. The fraction of sp³-hybridized carbons (Fsp3) is 0.381. The van der Waals surface area contributed by atoms with Crippen molar-refractivity contribution in [3.63, 3.8) is 0 Å². The summed E-state index contributed by atoms with van der Waals surface area (Å²) in [5.41, 5.74) is 0.725. The molecule has 5 nitrogen and oxygen atoms in total. The maximum Gasteiger partial charge on any atom is 0.194 e. The standard InChI is InChI=1S/C21H26FN3O2.HI/c1-2-23-21(24-15-16-8-9-20(26)19(22)14-16)25-12-10-18(11-13-25)27-17-6-4-3-5-7-17;/h3-9,14,18,26H,2,10-13,15H2,1H3,(H,23,24);1H. The Morgan fingerprint density at radius 1 is 1.21 bits per heavy atom. The minimum Gasteiger partial charge on any atom is -0.505 e. The Bertz CT molecular complexity index is 766. The number of para-hydroxylation sites is 1. The van der Waals surface area contributed by atoms with Gasteiger partial charge in [0.1, 0.15) is 11.9 Å². The van der Waals surface area contributed by atoms with Gasteiger partial charge in [-0.2, -0.15) is 0 Å². The number of nitrogens with one attached hydrogen (secondary N) is 1. The summed E-state index contributed by atoms with van der Waals surface area (Å²) in [6.07, 6.45) is 2.05. The van der Waals surface area contributed by atoms with E-state index in [0.717, 1.165) is 49.7 Å². The highest BCUT2D eigenvalue weighted by Gasteiger charge is 2.22. The molecule has 7 heteroatoms. The summed E-state index contributed by atoms with van der Waals surface area (Å²) in [6.45, 7) is 4.87. The van der Waals surface area contributed by atoms with Crippen molar-refractivity contribution in [2.45, 2.75) is 32.4 Å². The molecular formula is C21H27FIN3O2. The number of phenolic OH excluding ortho intramolecular Hbond substituents is 1. The fourth-order valence-corrected chi connectivity index (χ4v) is 3.12. The number of likely N-dealkylation sites (tertiary alicyclic amines) is 1. The molecule has 2 N–H and O–H groups in total. The van der Waals surface area contributed by atoms with E-state index in [2.05, 4.69) is 15.2 Å². The van der Waals surface area contributed by atoms with Crippen molar-refractivity contribution in [3.8, 4) is 11.5 Å². The van der Waals surface area contributed by atoms with Crippen LogP contribution in [-0.2, 0) is 6.54 Å². The number of nitrogens with zero attached hydrogens (tertiary/aromatic N) is 2. The Labute approximate surface area is 182 Å². The number of phenols is 1. The number of aliphatic imine (C=N–C) groups is 1. The molecule has 28 heavy (non-hydrogen) atoms. The Morgan fingerprint density at radius 2 is 1.93 bits per heavy atom. The van der Waals surface area contributed by atoms with E-state index in [-0.39, 0.29) is 35.8 Å². The molecule has 0 atom stereocenters. The number of benzene rings is 2. The molecule has 1 fully saturated rings. The van der Waals surface area contributed by atoms with Crippen LogP contribution < -0.4 is 10.1 Å². The molecule has 0 aliphatic carbocycles. The van der Waals surface area contributed by atoms with Gasteiger partial charge in [-0.1, -0.05) is 24.3 Å². The number of hydrogen-bond acceptors (Lipinski definition) is 3. The number of rotatable bonds is 5. The highest BCUT2D eigenvalue weighted by Crippen LogP contribution is 2.19. The van der Waals surface area contributed by atoms with Crippen LogP contribution in [0.5, 0.6) is 11.5 Å². The highest BCUT2D eigenvalue weighted by molar-refractivity contribution is 14.0. The summed E-state index contributed by atoms with van der Waals surface area (Å²) in [5, 5.41) is 12.6. The number of hydrogen-bond donors (Lipinski definition) is 2. The molecule has 0 unspecified atom stereocenters. The first kappa shape index (κ1) is 22.3. The van der Waals surface area contributed by atoms with Crippen molar-refractivity contribution in [2.75, 3.05) is 19.6 Å². The van der Waals surface area contributed by atoms with E-state index in [1.165, 1.54) is 12.1 Å². The van der Waals surface area contributed by atoms with Crippen molar-refractivity contribution >= 4 is 29.9 Å². The van der Waals surface area contributed by atoms with Crippen LogP contribution in [0.1, 0.15) is 25.3 Å². The molecule has 0 radical (unpaired) electrons. The molecule has 0 spiro atoms. The Kier molecular flexibility index (Phi) is 8.82. The minimum atomic E-state index is -0.619. The second kappa shape index (κ2) is 11.1. The second-order valence-corrected chi connectivity index (χ2v) is 6.57.